The van der Waals surface area contributed by atoms with Crippen molar-refractivity contribution in [3.8, 4) is 0 Å². The van der Waals surface area contributed by atoms with Gasteiger partial charge in [-0.25, -0.2) is 0 Å². The SMILES string of the molecule is CO[C@@H]1O[C@@]2(C(=O)CC2[Si](C)(C)C)C2OC(C)(C)O[C@@H]21. The molecule has 20 heavy (non-hydrogen) atoms. The lowest BCUT2D eigenvalue weighted by Gasteiger charge is -2.52. The van der Waals surface area contributed by atoms with Gasteiger partial charge in [0.15, 0.2) is 23.5 Å². The first-order chi connectivity index (χ1) is 9.12. The fraction of sp³-hybridized carbons (Fsp3) is 0.929. The van der Waals surface area contributed by atoms with E-state index in [1.807, 2.05) is 13.8 Å². The van der Waals surface area contributed by atoms with E-state index in [0.717, 1.165) is 0 Å². The molecule has 3 fully saturated rings. The van der Waals surface area contributed by atoms with Crippen molar-refractivity contribution in [3.05, 3.63) is 0 Å². The van der Waals surface area contributed by atoms with E-state index < -0.39 is 25.8 Å². The normalized spacial score (nSPS) is 46.6. The summed E-state index contributed by atoms with van der Waals surface area (Å²) in [7, 11) is 0.0469. The van der Waals surface area contributed by atoms with Crippen LogP contribution >= 0.6 is 0 Å². The monoisotopic (exact) mass is 300 g/mol. The molecule has 1 saturated carbocycles. The second kappa shape index (κ2) is 4.13. The van der Waals surface area contributed by atoms with Gasteiger partial charge in [0, 0.05) is 13.5 Å². The summed E-state index contributed by atoms with van der Waals surface area (Å²) in [4.78, 5) is 12.4. The van der Waals surface area contributed by atoms with Crippen LogP contribution in [0.2, 0.25) is 25.2 Å². The van der Waals surface area contributed by atoms with E-state index in [1.54, 1.807) is 7.11 Å². The molecule has 114 valence electrons. The lowest BCUT2D eigenvalue weighted by atomic mass is 9.73. The van der Waals surface area contributed by atoms with Crippen LogP contribution in [0.3, 0.4) is 0 Å². The van der Waals surface area contributed by atoms with Crippen LogP contribution in [0.5, 0.6) is 0 Å². The Bertz CT molecular complexity index is 443. The Hall–Kier alpha value is -0.273. The van der Waals surface area contributed by atoms with Crippen molar-refractivity contribution in [1.82, 2.24) is 0 Å². The number of carbonyl (C=O) groups is 1. The van der Waals surface area contributed by atoms with Gasteiger partial charge in [-0.05, 0) is 19.4 Å². The van der Waals surface area contributed by atoms with Gasteiger partial charge in [0.25, 0.3) is 0 Å². The molecule has 0 radical (unpaired) electrons. The molecule has 2 unspecified atom stereocenters. The largest absolute Gasteiger partial charge is 0.353 e. The highest BCUT2D eigenvalue weighted by Crippen LogP contribution is 2.59. The van der Waals surface area contributed by atoms with Gasteiger partial charge >= 0.3 is 0 Å². The Morgan fingerprint density at radius 3 is 2.35 bits per heavy atom. The van der Waals surface area contributed by atoms with Crippen LogP contribution in [-0.4, -0.2) is 50.9 Å². The molecule has 0 bridgehead atoms. The van der Waals surface area contributed by atoms with Gasteiger partial charge in [-0.2, -0.15) is 0 Å². The number of Topliss-reactive ketones (excluding diaryl/α,β-unsaturated/α-hetero) is 1. The lowest BCUT2D eigenvalue weighted by molar-refractivity contribution is -0.255. The van der Waals surface area contributed by atoms with Gasteiger partial charge in [0.2, 0.25) is 0 Å². The zero-order valence-corrected chi connectivity index (χ0v) is 14.1. The van der Waals surface area contributed by atoms with E-state index in [1.165, 1.54) is 0 Å². The minimum atomic E-state index is -1.54. The summed E-state index contributed by atoms with van der Waals surface area (Å²) in [6, 6.07) is 0. The van der Waals surface area contributed by atoms with E-state index in [4.69, 9.17) is 18.9 Å². The molecule has 2 heterocycles. The van der Waals surface area contributed by atoms with Crippen molar-refractivity contribution in [3.63, 3.8) is 0 Å². The highest BCUT2D eigenvalue weighted by molar-refractivity contribution is 6.79. The number of ether oxygens (including phenoxy) is 4. The molecule has 5 nitrogen and oxygen atoms in total. The quantitative estimate of drug-likeness (QED) is 0.729. The topological polar surface area (TPSA) is 54.0 Å². The molecule has 3 rings (SSSR count). The smallest absolute Gasteiger partial charge is 0.187 e. The van der Waals surface area contributed by atoms with Crippen molar-refractivity contribution in [2.45, 2.75) is 75.3 Å². The maximum absolute atomic E-state index is 12.4. The number of hydrogen-bond donors (Lipinski definition) is 0. The molecule has 0 aromatic rings. The Kier molecular flexibility index (Phi) is 3.03. The fourth-order valence-electron chi connectivity index (χ4n) is 3.84. The van der Waals surface area contributed by atoms with Crippen molar-refractivity contribution in [2.75, 3.05) is 7.11 Å². The third-order valence-electron chi connectivity index (χ3n) is 4.75. The number of carbonyl (C=O) groups excluding carboxylic acids is 1. The first kappa shape index (κ1) is 14.7. The van der Waals surface area contributed by atoms with Crippen LogP contribution in [0, 0.1) is 0 Å². The van der Waals surface area contributed by atoms with E-state index in [0.29, 0.717) is 6.42 Å². The van der Waals surface area contributed by atoms with Gasteiger partial charge < -0.3 is 18.9 Å². The first-order valence-electron chi connectivity index (χ1n) is 7.21. The van der Waals surface area contributed by atoms with Crippen LogP contribution in [-0.2, 0) is 23.7 Å². The Labute approximate surface area is 120 Å². The molecule has 0 N–H and O–H groups in total. The van der Waals surface area contributed by atoms with Crippen LogP contribution in [0.1, 0.15) is 20.3 Å². The summed E-state index contributed by atoms with van der Waals surface area (Å²) in [5, 5.41) is 0. The lowest BCUT2D eigenvalue weighted by Crippen LogP contribution is -2.66. The van der Waals surface area contributed by atoms with Crippen LogP contribution in [0.15, 0.2) is 0 Å². The molecule has 0 amide bonds. The summed E-state index contributed by atoms with van der Waals surface area (Å²) < 4.78 is 23.4. The molecule has 0 aromatic carbocycles. The molecule has 6 heteroatoms. The fourth-order valence-corrected chi connectivity index (χ4v) is 6.32. The Balaban J connectivity index is 1.99. The molecule has 1 spiro atoms. The van der Waals surface area contributed by atoms with Crippen LogP contribution < -0.4 is 0 Å². The van der Waals surface area contributed by atoms with Crippen molar-refractivity contribution in [1.29, 1.82) is 0 Å². The predicted octanol–water partition coefficient (Wildman–Crippen LogP) is 1.93. The minimum Gasteiger partial charge on any atom is -0.353 e. The molecule has 5 atom stereocenters. The number of rotatable bonds is 2. The molecule has 1 aliphatic carbocycles. The average molecular weight is 300 g/mol. The van der Waals surface area contributed by atoms with Crippen molar-refractivity contribution < 1.29 is 23.7 Å². The number of fused-ring (bicyclic) bond motifs is 2. The van der Waals surface area contributed by atoms with Gasteiger partial charge in [-0.3, -0.25) is 4.79 Å². The van der Waals surface area contributed by atoms with E-state index in [-0.39, 0.29) is 23.5 Å². The third-order valence-corrected chi connectivity index (χ3v) is 7.48. The van der Waals surface area contributed by atoms with E-state index in [9.17, 15) is 4.79 Å². The molecular formula is C14H24O5Si. The van der Waals surface area contributed by atoms with Crippen molar-refractivity contribution >= 4 is 13.9 Å². The zero-order valence-electron chi connectivity index (χ0n) is 13.1. The van der Waals surface area contributed by atoms with Crippen LogP contribution in [0.4, 0.5) is 0 Å². The van der Waals surface area contributed by atoms with Crippen molar-refractivity contribution in [2.24, 2.45) is 0 Å². The number of methoxy groups -OCH3 is 1. The molecule has 3 aliphatic rings. The average Bonchev–Trinajstić information content (AvgIpc) is 2.76. The van der Waals surface area contributed by atoms with Gasteiger partial charge in [-0.15, -0.1) is 0 Å². The first-order valence-corrected chi connectivity index (χ1v) is 10.8. The molecular weight excluding hydrogens is 276 g/mol. The van der Waals surface area contributed by atoms with Gasteiger partial charge in [0.1, 0.15) is 12.2 Å². The van der Waals surface area contributed by atoms with Gasteiger partial charge in [-0.1, -0.05) is 19.6 Å². The molecule has 0 aromatic heterocycles. The summed E-state index contributed by atoms with van der Waals surface area (Å²) in [6.07, 6.45) is -0.595. The standard InChI is InChI=1S/C14H24O5Si/c1-13(2)17-10-11(18-13)14(19-12(10)16-3)8(15)7-9(14)20(4,5)6/h9-12H,7H2,1-6H3/t9?,10-,11?,12+,14+/m0/s1. The Morgan fingerprint density at radius 1 is 1.20 bits per heavy atom. The maximum atomic E-state index is 12.4. The summed E-state index contributed by atoms with van der Waals surface area (Å²) in [5.41, 5.74) is -0.587. The molecule has 2 aliphatic heterocycles. The van der Waals surface area contributed by atoms with E-state index >= 15 is 0 Å². The maximum Gasteiger partial charge on any atom is 0.187 e. The second-order valence-electron chi connectivity index (χ2n) is 7.58. The third kappa shape index (κ3) is 1.78. The zero-order chi connectivity index (χ0) is 14.9. The van der Waals surface area contributed by atoms with Gasteiger partial charge in [0.05, 0.1) is 8.07 Å². The summed E-state index contributed by atoms with van der Waals surface area (Å²) in [5.74, 6) is -0.552. The van der Waals surface area contributed by atoms with E-state index in [2.05, 4.69) is 19.6 Å². The highest BCUT2D eigenvalue weighted by Gasteiger charge is 2.74. The van der Waals surface area contributed by atoms with Crippen LogP contribution in [0.25, 0.3) is 0 Å². The summed E-state index contributed by atoms with van der Waals surface area (Å²) in [6.45, 7) is 10.6. The second-order valence-corrected chi connectivity index (χ2v) is 13.0. The minimum absolute atomic E-state index is 0.140. The number of hydrogen-bond acceptors (Lipinski definition) is 5. The predicted molar refractivity (Wildman–Crippen MR) is 75.2 cm³/mol. The number of ketones is 1. The molecule has 2 saturated heterocycles. The summed E-state index contributed by atoms with van der Waals surface area (Å²) >= 11 is 0. The highest BCUT2D eigenvalue weighted by atomic mass is 28.3. The Morgan fingerprint density at radius 2 is 1.85 bits per heavy atom.